The zero-order chi connectivity index (χ0) is 24.9. The third kappa shape index (κ3) is 5.55. The number of rotatable bonds is 6. The van der Waals surface area contributed by atoms with Crippen LogP contribution in [0.4, 0.5) is 28.9 Å². The molecular weight excluding hydrogens is 460 g/mol. The van der Waals surface area contributed by atoms with Crippen LogP contribution >= 0.6 is 0 Å². The summed E-state index contributed by atoms with van der Waals surface area (Å²) in [7, 11) is 0. The zero-order valence-corrected chi connectivity index (χ0v) is 18.1. The minimum Gasteiger partial charge on any atom is -0.322 e. The molecule has 0 radical (unpaired) electrons. The van der Waals surface area contributed by atoms with Crippen molar-refractivity contribution in [2.45, 2.75) is 6.42 Å². The number of carbonyl (C=O) groups is 2. The van der Waals surface area contributed by atoms with Crippen LogP contribution in [-0.2, 0) is 6.42 Å². The van der Waals surface area contributed by atoms with Gasteiger partial charge in [0.1, 0.15) is 34.4 Å². The van der Waals surface area contributed by atoms with E-state index >= 15 is 0 Å². The summed E-state index contributed by atoms with van der Waals surface area (Å²) in [6.45, 7) is 0. The minimum absolute atomic E-state index is 0.375. The maximum absolute atomic E-state index is 13.8. The van der Waals surface area contributed by atoms with E-state index in [1.54, 1.807) is 48.5 Å². The molecule has 0 saturated carbocycles. The van der Waals surface area contributed by atoms with E-state index in [1.807, 2.05) is 0 Å². The third-order valence-electron chi connectivity index (χ3n) is 5.21. The number of hydrogen-bond acceptors (Lipinski definition) is 2. The molecule has 0 aliphatic rings. The second-order valence-electron chi connectivity index (χ2n) is 7.67. The molecule has 0 spiro atoms. The summed E-state index contributed by atoms with van der Waals surface area (Å²) >= 11 is 0. The van der Waals surface area contributed by atoms with Gasteiger partial charge in [-0.25, -0.2) is 17.6 Å². The van der Waals surface area contributed by atoms with Gasteiger partial charge in [0, 0.05) is 11.4 Å². The second kappa shape index (κ2) is 10.2. The summed E-state index contributed by atoms with van der Waals surface area (Å²) in [4.78, 5) is 24.4. The van der Waals surface area contributed by atoms with E-state index in [0.717, 1.165) is 35.4 Å². The van der Waals surface area contributed by atoms with Crippen molar-refractivity contribution in [2.24, 2.45) is 0 Å². The second-order valence-corrected chi connectivity index (χ2v) is 7.67. The van der Waals surface area contributed by atoms with Crippen molar-refractivity contribution in [3.63, 3.8) is 0 Å². The van der Waals surface area contributed by atoms with Gasteiger partial charge >= 0.3 is 0 Å². The molecule has 0 atom stereocenters. The molecule has 4 aromatic rings. The first kappa shape index (κ1) is 23.7. The first-order valence-corrected chi connectivity index (χ1v) is 10.5. The Bertz CT molecular complexity index is 1240. The Morgan fingerprint density at radius 2 is 0.829 bits per heavy atom. The van der Waals surface area contributed by atoms with Gasteiger partial charge in [0.05, 0.1) is 0 Å². The molecule has 0 fully saturated rings. The topological polar surface area (TPSA) is 58.2 Å². The predicted octanol–water partition coefficient (Wildman–Crippen LogP) is 6.34. The number of anilines is 2. The summed E-state index contributed by atoms with van der Waals surface area (Å²) in [5.41, 5.74) is 1.23. The van der Waals surface area contributed by atoms with E-state index in [-0.39, 0.29) is 0 Å². The predicted molar refractivity (Wildman–Crippen MR) is 124 cm³/mol. The highest BCUT2D eigenvalue weighted by Gasteiger charge is 2.18. The Hall–Kier alpha value is -4.46. The lowest BCUT2D eigenvalue weighted by molar-refractivity contribution is 0.101. The van der Waals surface area contributed by atoms with Gasteiger partial charge in [-0.05, 0) is 66.1 Å². The highest BCUT2D eigenvalue weighted by atomic mass is 19.1. The molecule has 0 saturated heterocycles. The summed E-state index contributed by atoms with van der Waals surface area (Å²) in [6.07, 6.45) is 0.520. The standard InChI is InChI=1S/C27H18F4N2O2/c28-20-3-1-4-21(29)24(20)26(34)32-18-11-7-16(8-12-18)15-17-9-13-19(14-10-17)33-27(35)25-22(30)5-2-6-23(25)31/h1-14H,15H2,(H,32,34)(H,33,35). The normalized spacial score (nSPS) is 10.6. The number of benzene rings is 4. The molecule has 2 amide bonds. The Morgan fingerprint density at radius 1 is 0.514 bits per heavy atom. The van der Waals surface area contributed by atoms with Crippen molar-refractivity contribution in [3.05, 3.63) is 130 Å². The molecule has 4 nitrogen and oxygen atoms in total. The van der Waals surface area contributed by atoms with Gasteiger partial charge in [0.15, 0.2) is 0 Å². The molecule has 4 rings (SSSR count). The van der Waals surface area contributed by atoms with Gasteiger partial charge in [-0.15, -0.1) is 0 Å². The lowest BCUT2D eigenvalue weighted by Crippen LogP contribution is -2.15. The van der Waals surface area contributed by atoms with Crippen molar-refractivity contribution in [2.75, 3.05) is 10.6 Å². The molecule has 4 aromatic carbocycles. The Balaban J connectivity index is 1.37. The first-order chi connectivity index (χ1) is 16.8. The maximum Gasteiger partial charge on any atom is 0.261 e. The van der Waals surface area contributed by atoms with E-state index in [4.69, 9.17) is 0 Å². The fourth-order valence-corrected chi connectivity index (χ4v) is 3.46. The molecule has 35 heavy (non-hydrogen) atoms. The van der Waals surface area contributed by atoms with E-state index < -0.39 is 46.2 Å². The first-order valence-electron chi connectivity index (χ1n) is 10.5. The summed E-state index contributed by atoms with van der Waals surface area (Å²) in [5, 5.41) is 4.93. The molecule has 2 N–H and O–H groups in total. The fraction of sp³-hybridized carbons (Fsp3) is 0.0370. The van der Waals surface area contributed by atoms with Crippen molar-refractivity contribution in [1.29, 1.82) is 0 Å². The van der Waals surface area contributed by atoms with Crippen molar-refractivity contribution < 1.29 is 27.2 Å². The number of amides is 2. The van der Waals surface area contributed by atoms with Crippen LogP contribution < -0.4 is 10.6 Å². The largest absolute Gasteiger partial charge is 0.322 e. The van der Waals surface area contributed by atoms with Crippen LogP contribution in [0.2, 0.25) is 0 Å². The van der Waals surface area contributed by atoms with Crippen LogP contribution in [0.3, 0.4) is 0 Å². The average molecular weight is 478 g/mol. The van der Waals surface area contributed by atoms with E-state index in [1.165, 1.54) is 12.1 Å². The minimum atomic E-state index is -0.946. The summed E-state index contributed by atoms with van der Waals surface area (Å²) < 4.78 is 55.1. The lowest BCUT2D eigenvalue weighted by atomic mass is 10.0. The summed E-state index contributed by atoms with van der Waals surface area (Å²) in [5.74, 6) is -5.56. The Labute approximate surface area is 198 Å². The monoisotopic (exact) mass is 478 g/mol. The van der Waals surface area contributed by atoms with Gasteiger partial charge in [0.2, 0.25) is 0 Å². The lowest BCUT2D eigenvalue weighted by Gasteiger charge is -2.09. The number of halogens is 4. The Kier molecular flexibility index (Phi) is 6.91. The number of nitrogens with one attached hydrogen (secondary N) is 2. The molecule has 0 heterocycles. The van der Waals surface area contributed by atoms with E-state index in [9.17, 15) is 27.2 Å². The van der Waals surface area contributed by atoms with Gasteiger partial charge in [-0.2, -0.15) is 0 Å². The highest BCUT2D eigenvalue weighted by molar-refractivity contribution is 6.05. The third-order valence-corrected chi connectivity index (χ3v) is 5.21. The van der Waals surface area contributed by atoms with E-state index in [2.05, 4.69) is 10.6 Å². The van der Waals surface area contributed by atoms with Gasteiger partial charge in [-0.3, -0.25) is 9.59 Å². The molecule has 0 bridgehead atoms. The van der Waals surface area contributed by atoms with Crippen LogP contribution in [0.15, 0.2) is 84.9 Å². The van der Waals surface area contributed by atoms with Crippen LogP contribution in [0.25, 0.3) is 0 Å². The Morgan fingerprint density at radius 3 is 1.14 bits per heavy atom. The van der Waals surface area contributed by atoms with Gasteiger partial charge in [0.25, 0.3) is 11.8 Å². The molecule has 8 heteroatoms. The molecule has 0 aliphatic carbocycles. The van der Waals surface area contributed by atoms with Crippen molar-refractivity contribution >= 4 is 23.2 Å². The van der Waals surface area contributed by atoms with Gasteiger partial charge in [-0.1, -0.05) is 36.4 Å². The SMILES string of the molecule is O=C(Nc1ccc(Cc2ccc(NC(=O)c3c(F)cccc3F)cc2)cc1)c1c(F)cccc1F. The van der Waals surface area contributed by atoms with E-state index in [0.29, 0.717) is 17.8 Å². The quantitative estimate of drug-likeness (QED) is 0.318. The zero-order valence-electron chi connectivity index (χ0n) is 18.1. The smallest absolute Gasteiger partial charge is 0.261 e. The number of carbonyl (C=O) groups excluding carboxylic acids is 2. The maximum atomic E-state index is 13.8. The molecule has 0 aliphatic heterocycles. The van der Waals surface area contributed by atoms with Crippen LogP contribution in [0.5, 0.6) is 0 Å². The fourth-order valence-electron chi connectivity index (χ4n) is 3.46. The van der Waals surface area contributed by atoms with Crippen LogP contribution in [0, 0.1) is 23.3 Å². The van der Waals surface area contributed by atoms with Crippen LogP contribution in [-0.4, -0.2) is 11.8 Å². The van der Waals surface area contributed by atoms with Gasteiger partial charge < -0.3 is 10.6 Å². The molecule has 0 aromatic heterocycles. The summed E-state index contributed by atoms with van der Waals surface area (Å²) in [6, 6.07) is 19.9. The average Bonchev–Trinajstić information content (AvgIpc) is 2.81. The molecule has 0 unspecified atom stereocenters. The highest BCUT2D eigenvalue weighted by Crippen LogP contribution is 2.19. The van der Waals surface area contributed by atoms with Crippen molar-refractivity contribution in [1.82, 2.24) is 0 Å². The molecule has 176 valence electrons. The molecular formula is C27H18F4N2O2. The van der Waals surface area contributed by atoms with Crippen molar-refractivity contribution in [3.8, 4) is 0 Å². The number of hydrogen-bond donors (Lipinski definition) is 2. The van der Waals surface area contributed by atoms with Crippen LogP contribution in [0.1, 0.15) is 31.8 Å².